The van der Waals surface area contributed by atoms with Gasteiger partial charge >= 0.3 is 12.2 Å². The van der Waals surface area contributed by atoms with Crippen LogP contribution in [0.1, 0.15) is 44.7 Å². The fraction of sp³-hybridized carbons (Fsp3) is 0.500. The van der Waals surface area contributed by atoms with Crippen LogP contribution in [0, 0.1) is 6.92 Å². The van der Waals surface area contributed by atoms with Crippen LogP contribution >= 0.6 is 0 Å². The Morgan fingerprint density at radius 2 is 1.88 bits per heavy atom. The molecule has 0 saturated heterocycles. The number of nitrogens with one attached hydrogen (secondary N) is 1. The van der Waals surface area contributed by atoms with Crippen LogP contribution in [0.4, 0.5) is 19.2 Å². The standard InChI is InChI=1S/C22H25F3N4O3/c1-11-5-17(19-28-29-20(32-19)26-12-6-13(30)7-12)27-18-15(11)8-14(31-10-22(23,24)25)9-16(18)21(2,3)4/h5,8-9,12-13,30H,6-7,10H2,1-4H3,(H,26,29)/t12-,13+. The summed E-state index contributed by atoms with van der Waals surface area (Å²) in [4.78, 5) is 4.72. The van der Waals surface area contributed by atoms with Gasteiger partial charge in [0.1, 0.15) is 11.4 Å². The highest BCUT2D eigenvalue weighted by atomic mass is 19.4. The summed E-state index contributed by atoms with van der Waals surface area (Å²) >= 11 is 0. The van der Waals surface area contributed by atoms with E-state index in [1.54, 1.807) is 18.2 Å². The lowest BCUT2D eigenvalue weighted by atomic mass is 9.84. The minimum absolute atomic E-state index is 0.0900. The maximum Gasteiger partial charge on any atom is 0.422 e. The molecule has 2 N–H and O–H groups in total. The van der Waals surface area contributed by atoms with Gasteiger partial charge in [-0.05, 0) is 54.5 Å². The molecule has 3 aromatic rings. The van der Waals surface area contributed by atoms with Gasteiger partial charge in [-0.3, -0.25) is 0 Å². The van der Waals surface area contributed by atoms with Gasteiger partial charge in [0.2, 0.25) is 0 Å². The van der Waals surface area contributed by atoms with Crippen molar-refractivity contribution in [3.05, 3.63) is 29.3 Å². The summed E-state index contributed by atoms with van der Waals surface area (Å²) in [5.41, 5.74) is 2.25. The number of ether oxygens (including phenoxy) is 1. The fourth-order valence-electron chi connectivity index (χ4n) is 3.66. The Labute approximate surface area is 183 Å². The lowest BCUT2D eigenvalue weighted by molar-refractivity contribution is -0.153. The van der Waals surface area contributed by atoms with Gasteiger partial charge in [-0.25, -0.2) is 4.98 Å². The molecule has 2 aromatic heterocycles. The number of anilines is 1. The number of fused-ring (bicyclic) bond motifs is 1. The van der Waals surface area contributed by atoms with Crippen LogP contribution in [0.15, 0.2) is 22.6 Å². The topological polar surface area (TPSA) is 93.3 Å². The summed E-state index contributed by atoms with van der Waals surface area (Å²) in [6, 6.07) is 5.28. The fourth-order valence-corrected chi connectivity index (χ4v) is 3.66. The van der Waals surface area contributed by atoms with Crippen LogP contribution in [0.3, 0.4) is 0 Å². The minimum Gasteiger partial charge on any atom is -0.484 e. The third-order valence-electron chi connectivity index (χ3n) is 5.39. The van der Waals surface area contributed by atoms with E-state index in [-0.39, 0.29) is 29.8 Å². The molecule has 2 heterocycles. The first-order valence-electron chi connectivity index (χ1n) is 10.3. The third kappa shape index (κ3) is 4.79. The van der Waals surface area contributed by atoms with Gasteiger partial charge in [0.05, 0.1) is 11.6 Å². The molecule has 0 atom stereocenters. The molecule has 1 aliphatic rings. The molecule has 0 radical (unpaired) electrons. The molecule has 10 heteroatoms. The molecule has 0 bridgehead atoms. The quantitative estimate of drug-likeness (QED) is 0.579. The smallest absolute Gasteiger partial charge is 0.422 e. The first-order chi connectivity index (χ1) is 14.9. The third-order valence-corrected chi connectivity index (χ3v) is 5.39. The number of aromatic nitrogens is 3. The van der Waals surface area contributed by atoms with E-state index in [1.807, 2.05) is 27.7 Å². The van der Waals surface area contributed by atoms with Crippen molar-refractivity contribution in [3.63, 3.8) is 0 Å². The predicted molar refractivity (Wildman–Crippen MR) is 113 cm³/mol. The average Bonchev–Trinajstić information content (AvgIpc) is 3.12. The molecule has 1 saturated carbocycles. The highest BCUT2D eigenvalue weighted by Crippen LogP contribution is 2.36. The number of hydrogen-bond acceptors (Lipinski definition) is 7. The molecule has 0 spiro atoms. The van der Waals surface area contributed by atoms with Gasteiger partial charge in [0.15, 0.2) is 6.61 Å². The lowest BCUT2D eigenvalue weighted by Crippen LogP contribution is -2.39. The molecule has 0 aliphatic heterocycles. The maximum atomic E-state index is 12.7. The van der Waals surface area contributed by atoms with Crippen molar-refractivity contribution in [1.82, 2.24) is 15.2 Å². The second-order valence-corrected chi connectivity index (χ2v) is 9.22. The van der Waals surface area contributed by atoms with E-state index in [4.69, 9.17) is 14.1 Å². The molecule has 7 nitrogen and oxygen atoms in total. The zero-order valence-electron chi connectivity index (χ0n) is 18.2. The number of aryl methyl sites for hydroxylation is 1. The first-order valence-corrected chi connectivity index (χ1v) is 10.3. The molecule has 1 aliphatic carbocycles. The predicted octanol–water partition coefficient (Wildman–Crippen LogP) is 4.77. The van der Waals surface area contributed by atoms with Crippen LogP contribution in [0.2, 0.25) is 0 Å². The zero-order chi connectivity index (χ0) is 23.3. The maximum absolute atomic E-state index is 12.7. The minimum atomic E-state index is -4.42. The second kappa shape index (κ2) is 7.91. The summed E-state index contributed by atoms with van der Waals surface area (Å²) in [5.74, 6) is 0.374. The zero-order valence-corrected chi connectivity index (χ0v) is 18.2. The van der Waals surface area contributed by atoms with Crippen molar-refractivity contribution in [2.75, 3.05) is 11.9 Å². The van der Waals surface area contributed by atoms with E-state index in [9.17, 15) is 18.3 Å². The highest BCUT2D eigenvalue weighted by Gasteiger charge is 2.30. The van der Waals surface area contributed by atoms with Crippen LogP contribution in [-0.2, 0) is 5.41 Å². The van der Waals surface area contributed by atoms with E-state index >= 15 is 0 Å². The molecular formula is C22H25F3N4O3. The van der Waals surface area contributed by atoms with Gasteiger partial charge in [0.25, 0.3) is 5.89 Å². The van der Waals surface area contributed by atoms with E-state index in [2.05, 4.69) is 15.5 Å². The van der Waals surface area contributed by atoms with E-state index < -0.39 is 18.2 Å². The van der Waals surface area contributed by atoms with E-state index in [0.717, 1.165) is 11.1 Å². The number of rotatable bonds is 5. The number of hydrogen-bond donors (Lipinski definition) is 2. The Morgan fingerprint density at radius 3 is 2.50 bits per heavy atom. The van der Waals surface area contributed by atoms with Crippen molar-refractivity contribution < 1.29 is 27.4 Å². The Hall–Kier alpha value is -2.88. The number of pyridine rings is 1. The SMILES string of the molecule is Cc1cc(-c2nnc(N[C@H]3C[C@@H](O)C3)o2)nc2c(C(C)(C)C)cc(OCC(F)(F)F)cc12. The van der Waals surface area contributed by atoms with Gasteiger partial charge < -0.3 is 19.6 Å². The lowest BCUT2D eigenvalue weighted by Gasteiger charge is -2.30. The first kappa shape index (κ1) is 22.3. The van der Waals surface area contributed by atoms with Gasteiger partial charge in [-0.1, -0.05) is 25.9 Å². The van der Waals surface area contributed by atoms with Gasteiger partial charge in [-0.15, -0.1) is 5.10 Å². The van der Waals surface area contributed by atoms with Crippen molar-refractivity contribution in [2.45, 2.75) is 64.3 Å². The summed E-state index contributed by atoms with van der Waals surface area (Å²) < 4.78 is 48.7. The molecule has 1 fully saturated rings. The highest BCUT2D eigenvalue weighted by molar-refractivity contribution is 5.89. The molecule has 4 rings (SSSR count). The normalized spacial score (nSPS) is 19.1. The number of aliphatic hydroxyl groups excluding tert-OH is 1. The molecule has 172 valence electrons. The molecule has 0 unspecified atom stereocenters. The van der Waals surface area contributed by atoms with Crippen molar-refractivity contribution in [3.8, 4) is 17.3 Å². The van der Waals surface area contributed by atoms with Crippen LogP contribution in [-0.4, -0.2) is 45.2 Å². The number of alkyl halides is 3. The van der Waals surface area contributed by atoms with Crippen LogP contribution < -0.4 is 10.1 Å². The van der Waals surface area contributed by atoms with E-state index in [1.165, 1.54) is 0 Å². The van der Waals surface area contributed by atoms with Crippen LogP contribution in [0.25, 0.3) is 22.5 Å². The molecule has 32 heavy (non-hydrogen) atoms. The Kier molecular flexibility index (Phi) is 5.52. The van der Waals surface area contributed by atoms with Gasteiger partial charge in [0, 0.05) is 11.4 Å². The van der Waals surface area contributed by atoms with Crippen molar-refractivity contribution in [2.24, 2.45) is 0 Å². The van der Waals surface area contributed by atoms with Crippen molar-refractivity contribution in [1.29, 1.82) is 0 Å². The Morgan fingerprint density at radius 1 is 1.16 bits per heavy atom. The second-order valence-electron chi connectivity index (χ2n) is 9.22. The Balaban J connectivity index is 1.71. The molecular weight excluding hydrogens is 425 g/mol. The monoisotopic (exact) mass is 450 g/mol. The number of halogens is 3. The molecule has 0 amide bonds. The largest absolute Gasteiger partial charge is 0.484 e. The van der Waals surface area contributed by atoms with E-state index in [0.29, 0.717) is 29.4 Å². The average molecular weight is 450 g/mol. The summed E-state index contributed by atoms with van der Waals surface area (Å²) in [5, 5.41) is 21.3. The van der Waals surface area contributed by atoms with Gasteiger partial charge in [-0.2, -0.15) is 13.2 Å². The summed E-state index contributed by atoms with van der Waals surface area (Å²) in [6.07, 6.45) is -3.48. The van der Waals surface area contributed by atoms with Crippen molar-refractivity contribution >= 4 is 16.9 Å². The Bertz CT molecular complexity index is 1130. The number of nitrogens with zero attached hydrogens (tertiary/aromatic N) is 3. The van der Waals surface area contributed by atoms with Crippen LogP contribution in [0.5, 0.6) is 5.75 Å². The molecule has 1 aromatic carbocycles. The summed E-state index contributed by atoms with van der Waals surface area (Å²) in [7, 11) is 0. The number of aliphatic hydroxyl groups is 1. The number of benzene rings is 1. The summed E-state index contributed by atoms with van der Waals surface area (Å²) in [6.45, 7) is 6.36.